The van der Waals surface area contributed by atoms with E-state index in [0.29, 0.717) is 10.5 Å². The lowest BCUT2D eigenvalue weighted by molar-refractivity contribution is -0.182. The van der Waals surface area contributed by atoms with Gasteiger partial charge in [-0.25, -0.2) is 9.59 Å². The zero-order chi connectivity index (χ0) is 19.8. The molecule has 0 aromatic heterocycles. The topological polar surface area (TPSA) is 113 Å². The van der Waals surface area contributed by atoms with Gasteiger partial charge >= 0.3 is 11.9 Å². The van der Waals surface area contributed by atoms with Gasteiger partial charge in [0.2, 0.25) is 0 Å². The minimum Gasteiger partial charge on any atom is -0.503 e. The Kier molecular flexibility index (Phi) is 4.59. The molecular weight excluding hydrogens is 354 g/mol. The maximum atomic E-state index is 12.6. The summed E-state index contributed by atoms with van der Waals surface area (Å²) in [6.07, 6.45) is 0. The quantitative estimate of drug-likeness (QED) is 0.772. The van der Waals surface area contributed by atoms with Gasteiger partial charge in [0.25, 0.3) is 11.6 Å². The lowest BCUT2D eigenvalue weighted by Gasteiger charge is -2.32. The van der Waals surface area contributed by atoms with Crippen molar-refractivity contribution in [2.24, 2.45) is 0 Å². The van der Waals surface area contributed by atoms with Crippen LogP contribution >= 0.6 is 0 Å². The Morgan fingerprint density at radius 3 is 2.41 bits per heavy atom. The fraction of sp³-hybridized carbons (Fsp3) is 0.211. The highest BCUT2D eigenvalue weighted by Crippen LogP contribution is 2.36. The summed E-state index contributed by atoms with van der Waals surface area (Å²) in [5, 5.41) is 22.8. The first-order chi connectivity index (χ1) is 12.9. The van der Waals surface area contributed by atoms with Crippen LogP contribution in [0.2, 0.25) is 0 Å². The first kappa shape index (κ1) is 18.4. The molecule has 0 saturated carbocycles. The van der Waals surface area contributed by atoms with Crippen LogP contribution in [0, 0.1) is 0 Å². The highest BCUT2D eigenvalue weighted by atomic mass is 16.6. The Morgan fingerprint density at radius 1 is 1.07 bits per heavy atom. The number of carbonyl (C=O) groups excluding carboxylic acids is 3. The Labute approximate surface area is 154 Å². The molecular formula is C19H17NO7. The van der Waals surface area contributed by atoms with Crippen LogP contribution in [-0.2, 0) is 30.4 Å². The van der Waals surface area contributed by atoms with Crippen LogP contribution < -0.4 is 0 Å². The standard InChI is InChI=1S/C19H17NO7/c1-26-17(23)14-15(21)16(22)20(19(14,25)18(24)27-2)10-12-8-5-7-11-6-3-4-9-13(11)12/h3-9,21,25H,10H2,1-2H3. The molecule has 0 saturated heterocycles. The number of benzene rings is 2. The average Bonchev–Trinajstić information content (AvgIpc) is 2.88. The number of rotatable bonds is 4. The molecule has 140 valence electrons. The molecule has 1 amide bonds. The number of hydrogen-bond acceptors (Lipinski definition) is 7. The van der Waals surface area contributed by atoms with E-state index in [-0.39, 0.29) is 6.54 Å². The molecule has 1 heterocycles. The molecule has 8 heteroatoms. The van der Waals surface area contributed by atoms with Crippen molar-refractivity contribution in [3.05, 3.63) is 59.4 Å². The van der Waals surface area contributed by atoms with Gasteiger partial charge in [0.1, 0.15) is 5.57 Å². The van der Waals surface area contributed by atoms with Crippen molar-refractivity contribution in [1.29, 1.82) is 0 Å². The van der Waals surface area contributed by atoms with Crippen molar-refractivity contribution < 1.29 is 34.1 Å². The summed E-state index contributed by atoms with van der Waals surface area (Å²) in [5.74, 6) is -4.65. The van der Waals surface area contributed by atoms with E-state index in [0.717, 1.165) is 25.0 Å². The number of aliphatic hydroxyl groups excluding tert-OH is 1. The Bertz CT molecular complexity index is 976. The maximum absolute atomic E-state index is 12.6. The lowest BCUT2D eigenvalue weighted by atomic mass is 10.0. The third kappa shape index (κ3) is 2.70. The Morgan fingerprint density at radius 2 is 1.74 bits per heavy atom. The summed E-state index contributed by atoms with van der Waals surface area (Å²) < 4.78 is 9.09. The first-order valence-corrected chi connectivity index (χ1v) is 7.97. The minimum atomic E-state index is -2.81. The number of esters is 2. The molecule has 27 heavy (non-hydrogen) atoms. The van der Waals surface area contributed by atoms with E-state index >= 15 is 0 Å². The average molecular weight is 371 g/mol. The zero-order valence-corrected chi connectivity index (χ0v) is 14.6. The number of aliphatic hydroxyl groups is 2. The van der Waals surface area contributed by atoms with Gasteiger partial charge in [-0.05, 0) is 16.3 Å². The normalized spacial score (nSPS) is 19.5. The second kappa shape index (κ2) is 6.73. The van der Waals surface area contributed by atoms with E-state index in [1.165, 1.54) is 0 Å². The van der Waals surface area contributed by atoms with Crippen molar-refractivity contribution in [2.75, 3.05) is 14.2 Å². The first-order valence-electron chi connectivity index (χ1n) is 7.97. The van der Waals surface area contributed by atoms with Crippen LogP contribution in [-0.4, -0.2) is 52.9 Å². The fourth-order valence-electron chi connectivity index (χ4n) is 3.16. The second-order valence-corrected chi connectivity index (χ2v) is 5.91. The molecule has 2 aromatic rings. The molecule has 2 N–H and O–H groups in total. The number of amides is 1. The Hall–Kier alpha value is -3.39. The SMILES string of the molecule is COC(=O)C1=C(O)C(=O)N(Cc2cccc3ccccc23)C1(O)C(=O)OC. The molecule has 1 aliphatic rings. The Balaban J connectivity index is 2.12. The number of methoxy groups -OCH3 is 2. The van der Waals surface area contributed by atoms with Crippen LogP contribution in [0.5, 0.6) is 0 Å². The van der Waals surface area contributed by atoms with Crippen molar-refractivity contribution in [2.45, 2.75) is 12.3 Å². The van der Waals surface area contributed by atoms with Crippen LogP contribution in [0.1, 0.15) is 5.56 Å². The zero-order valence-electron chi connectivity index (χ0n) is 14.6. The molecule has 1 aliphatic heterocycles. The number of hydrogen-bond donors (Lipinski definition) is 2. The summed E-state index contributed by atoms with van der Waals surface area (Å²) in [4.78, 5) is 37.6. The third-order valence-corrected chi connectivity index (χ3v) is 4.49. The van der Waals surface area contributed by atoms with Crippen LogP contribution in [0.15, 0.2) is 53.8 Å². The van der Waals surface area contributed by atoms with E-state index in [2.05, 4.69) is 9.47 Å². The monoisotopic (exact) mass is 371 g/mol. The molecule has 0 bridgehead atoms. The summed E-state index contributed by atoms with van der Waals surface area (Å²) in [6.45, 7) is -0.254. The van der Waals surface area contributed by atoms with Crippen LogP contribution in [0.3, 0.4) is 0 Å². The molecule has 0 fully saturated rings. The summed E-state index contributed by atoms with van der Waals surface area (Å²) >= 11 is 0. The number of fused-ring (bicyclic) bond motifs is 1. The minimum absolute atomic E-state index is 0.254. The number of carbonyl (C=O) groups is 3. The van der Waals surface area contributed by atoms with Gasteiger partial charge in [-0.3, -0.25) is 9.69 Å². The van der Waals surface area contributed by atoms with E-state index < -0.39 is 34.9 Å². The molecule has 1 unspecified atom stereocenters. The highest BCUT2D eigenvalue weighted by molar-refractivity contribution is 6.13. The summed E-state index contributed by atoms with van der Waals surface area (Å²) in [7, 11) is 1.99. The number of nitrogens with zero attached hydrogens (tertiary/aromatic N) is 1. The fourth-order valence-corrected chi connectivity index (χ4v) is 3.16. The largest absolute Gasteiger partial charge is 0.503 e. The second-order valence-electron chi connectivity index (χ2n) is 5.91. The molecule has 0 aliphatic carbocycles. The molecule has 2 aromatic carbocycles. The highest BCUT2D eigenvalue weighted by Gasteiger charge is 2.60. The molecule has 8 nitrogen and oxygen atoms in total. The van der Waals surface area contributed by atoms with Gasteiger partial charge < -0.3 is 19.7 Å². The van der Waals surface area contributed by atoms with E-state index in [1.54, 1.807) is 18.2 Å². The van der Waals surface area contributed by atoms with Gasteiger partial charge in [-0.1, -0.05) is 42.5 Å². The predicted molar refractivity (Wildman–Crippen MR) is 93.1 cm³/mol. The van der Waals surface area contributed by atoms with E-state index in [9.17, 15) is 24.6 Å². The predicted octanol–water partition coefficient (Wildman–Crippen LogP) is 1.03. The van der Waals surface area contributed by atoms with E-state index in [4.69, 9.17) is 0 Å². The van der Waals surface area contributed by atoms with Gasteiger partial charge in [0.15, 0.2) is 5.76 Å². The van der Waals surface area contributed by atoms with Crippen molar-refractivity contribution in [3.63, 3.8) is 0 Å². The van der Waals surface area contributed by atoms with Crippen molar-refractivity contribution in [3.8, 4) is 0 Å². The summed E-state index contributed by atoms with van der Waals surface area (Å²) in [5.41, 5.74) is -3.08. The van der Waals surface area contributed by atoms with E-state index in [1.807, 2.05) is 24.3 Å². The molecule has 0 radical (unpaired) electrons. The summed E-state index contributed by atoms with van der Waals surface area (Å²) in [6, 6.07) is 12.7. The van der Waals surface area contributed by atoms with Gasteiger partial charge in [0, 0.05) is 0 Å². The van der Waals surface area contributed by atoms with Gasteiger partial charge in [-0.2, -0.15) is 0 Å². The maximum Gasteiger partial charge on any atom is 0.365 e. The van der Waals surface area contributed by atoms with Crippen molar-refractivity contribution >= 4 is 28.6 Å². The lowest BCUT2D eigenvalue weighted by Crippen LogP contribution is -2.55. The smallest absolute Gasteiger partial charge is 0.365 e. The van der Waals surface area contributed by atoms with Gasteiger partial charge in [-0.15, -0.1) is 0 Å². The number of ether oxygens (including phenoxy) is 2. The van der Waals surface area contributed by atoms with Crippen LogP contribution in [0.4, 0.5) is 0 Å². The van der Waals surface area contributed by atoms with Crippen molar-refractivity contribution in [1.82, 2.24) is 4.90 Å². The third-order valence-electron chi connectivity index (χ3n) is 4.49. The molecule has 0 spiro atoms. The molecule has 3 rings (SSSR count). The molecule has 1 atom stereocenters. The van der Waals surface area contributed by atoms with Crippen LogP contribution in [0.25, 0.3) is 10.8 Å². The van der Waals surface area contributed by atoms with Gasteiger partial charge in [0.05, 0.1) is 20.8 Å².